The molecule has 2 N–H and O–H groups in total. The summed E-state index contributed by atoms with van der Waals surface area (Å²) in [5.74, 6) is -0.642. The molecule has 2 saturated heterocycles. The van der Waals surface area contributed by atoms with Crippen LogP contribution in [0, 0.1) is 0 Å². The maximum atomic E-state index is 12.4. The fourth-order valence-corrected chi connectivity index (χ4v) is 3.46. The summed E-state index contributed by atoms with van der Waals surface area (Å²) in [6.07, 6.45) is 2.35. The average Bonchev–Trinajstić information content (AvgIpc) is 2.85. The number of nitrogens with one attached hydrogen (secondary N) is 2. The maximum Gasteiger partial charge on any atom is 0.339 e. The molecule has 7 nitrogen and oxygen atoms in total. The van der Waals surface area contributed by atoms with Crippen molar-refractivity contribution >= 4 is 23.5 Å². The third kappa shape index (κ3) is 3.41. The number of methoxy groups -OCH3 is 1. The Labute approximate surface area is 140 Å². The van der Waals surface area contributed by atoms with Gasteiger partial charge in [-0.2, -0.15) is 0 Å². The molecular weight excluding hydrogens is 310 g/mol. The number of fused-ring (bicyclic) bond motifs is 2. The molecule has 2 fully saturated rings. The number of ether oxygens (including phenoxy) is 1. The molecule has 0 saturated carbocycles. The molecule has 1 aromatic carbocycles. The molecule has 2 heterocycles. The number of anilines is 1. The highest BCUT2D eigenvalue weighted by atomic mass is 16.5. The van der Waals surface area contributed by atoms with E-state index >= 15 is 0 Å². The highest BCUT2D eigenvalue weighted by molar-refractivity contribution is 6.01. The summed E-state index contributed by atoms with van der Waals surface area (Å²) < 4.78 is 4.73. The Balaban J connectivity index is 1.68. The van der Waals surface area contributed by atoms with Crippen molar-refractivity contribution < 1.29 is 19.1 Å². The second-order valence-corrected chi connectivity index (χ2v) is 6.15. The zero-order valence-corrected chi connectivity index (χ0v) is 13.6. The predicted molar refractivity (Wildman–Crippen MR) is 87.6 cm³/mol. The van der Waals surface area contributed by atoms with Crippen molar-refractivity contribution in [3.05, 3.63) is 29.8 Å². The van der Waals surface area contributed by atoms with E-state index in [1.54, 1.807) is 24.3 Å². The van der Waals surface area contributed by atoms with Crippen molar-refractivity contribution in [1.29, 1.82) is 0 Å². The average molecular weight is 331 g/mol. The Morgan fingerprint density at radius 2 is 2.04 bits per heavy atom. The van der Waals surface area contributed by atoms with Gasteiger partial charge in [-0.3, -0.25) is 14.5 Å². The van der Waals surface area contributed by atoms with Crippen LogP contribution in [0.15, 0.2) is 24.3 Å². The summed E-state index contributed by atoms with van der Waals surface area (Å²) >= 11 is 0. The summed E-state index contributed by atoms with van der Waals surface area (Å²) in [5.41, 5.74) is 0.759. The van der Waals surface area contributed by atoms with E-state index in [4.69, 9.17) is 4.74 Å². The lowest BCUT2D eigenvalue weighted by Gasteiger charge is -2.26. The lowest BCUT2D eigenvalue weighted by atomic mass is 10.1. The molecule has 3 rings (SSSR count). The van der Waals surface area contributed by atoms with Crippen LogP contribution in [0.4, 0.5) is 5.69 Å². The Hall–Kier alpha value is -2.41. The lowest BCUT2D eigenvalue weighted by molar-refractivity contribution is -0.122. The molecule has 2 atom stereocenters. The number of carbonyl (C=O) groups excluding carboxylic acids is 3. The molecule has 128 valence electrons. The predicted octanol–water partition coefficient (Wildman–Crippen LogP) is 0.765. The summed E-state index contributed by atoms with van der Waals surface area (Å²) in [5, 5.41) is 5.67. The van der Waals surface area contributed by atoms with Crippen LogP contribution in [0.5, 0.6) is 0 Å². The first-order valence-corrected chi connectivity index (χ1v) is 8.08. The standard InChI is InChI=1S/C17H21N3O4/c1-24-17(23)13-4-2-3-5-14(13)19-16(22)10-20-11-6-7-12(20)9-18-15(21)8-11/h2-5,11-12H,6-10H2,1H3,(H,18,21)(H,19,22). The van der Waals surface area contributed by atoms with Gasteiger partial charge >= 0.3 is 5.97 Å². The number of hydrogen-bond acceptors (Lipinski definition) is 5. The molecule has 2 aliphatic heterocycles. The Morgan fingerprint density at radius 3 is 2.83 bits per heavy atom. The third-order valence-electron chi connectivity index (χ3n) is 4.66. The number of nitrogens with zero attached hydrogens (tertiary/aromatic N) is 1. The first-order chi connectivity index (χ1) is 11.6. The van der Waals surface area contributed by atoms with Gasteiger partial charge in [0.25, 0.3) is 0 Å². The van der Waals surface area contributed by atoms with Crippen LogP contribution in [0.25, 0.3) is 0 Å². The smallest absolute Gasteiger partial charge is 0.339 e. The second-order valence-electron chi connectivity index (χ2n) is 6.15. The van der Waals surface area contributed by atoms with E-state index in [0.717, 1.165) is 12.8 Å². The zero-order valence-electron chi connectivity index (χ0n) is 13.6. The van der Waals surface area contributed by atoms with Crippen LogP contribution in [-0.2, 0) is 14.3 Å². The molecule has 2 bridgehead atoms. The first kappa shape index (κ1) is 16.4. The van der Waals surface area contributed by atoms with Gasteiger partial charge in [0.15, 0.2) is 0 Å². The van der Waals surface area contributed by atoms with E-state index in [1.165, 1.54) is 7.11 Å². The number of carbonyl (C=O) groups is 3. The number of amides is 2. The molecule has 0 aliphatic carbocycles. The Kier molecular flexibility index (Phi) is 4.80. The van der Waals surface area contributed by atoms with Crippen molar-refractivity contribution in [2.45, 2.75) is 31.3 Å². The van der Waals surface area contributed by atoms with Gasteiger partial charge in [-0.05, 0) is 25.0 Å². The van der Waals surface area contributed by atoms with E-state index in [1.807, 2.05) is 0 Å². The fourth-order valence-electron chi connectivity index (χ4n) is 3.46. The van der Waals surface area contributed by atoms with Crippen molar-refractivity contribution in [2.24, 2.45) is 0 Å². The highest BCUT2D eigenvalue weighted by Crippen LogP contribution is 2.28. The summed E-state index contributed by atoms with van der Waals surface area (Å²) in [4.78, 5) is 38.0. The van der Waals surface area contributed by atoms with Crippen LogP contribution < -0.4 is 10.6 Å². The first-order valence-electron chi connectivity index (χ1n) is 8.08. The summed E-state index contributed by atoms with van der Waals surface area (Å²) in [7, 11) is 1.31. The number of esters is 1. The topological polar surface area (TPSA) is 87.7 Å². The minimum Gasteiger partial charge on any atom is -0.465 e. The van der Waals surface area contributed by atoms with Gasteiger partial charge in [0.2, 0.25) is 11.8 Å². The third-order valence-corrected chi connectivity index (χ3v) is 4.66. The van der Waals surface area contributed by atoms with Gasteiger partial charge in [-0.25, -0.2) is 4.79 Å². The largest absolute Gasteiger partial charge is 0.465 e. The molecule has 2 unspecified atom stereocenters. The Bertz CT molecular complexity index is 661. The molecule has 1 aromatic rings. The van der Waals surface area contributed by atoms with Crippen molar-refractivity contribution in [1.82, 2.24) is 10.2 Å². The fraction of sp³-hybridized carbons (Fsp3) is 0.471. The summed E-state index contributed by atoms with van der Waals surface area (Å²) in [6.45, 7) is 0.793. The highest BCUT2D eigenvalue weighted by Gasteiger charge is 2.38. The van der Waals surface area contributed by atoms with Gasteiger partial charge in [-0.15, -0.1) is 0 Å². The van der Waals surface area contributed by atoms with Gasteiger partial charge in [0.05, 0.1) is 24.9 Å². The second kappa shape index (κ2) is 7.00. The van der Waals surface area contributed by atoms with E-state index in [0.29, 0.717) is 24.2 Å². The lowest BCUT2D eigenvalue weighted by Crippen LogP contribution is -2.42. The number of para-hydroxylation sites is 1. The van der Waals surface area contributed by atoms with Crippen molar-refractivity contribution in [2.75, 3.05) is 25.5 Å². The van der Waals surface area contributed by atoms with Gasteiger partial charge < -0.3 is 15.4 Å². The van der Waals surface area contributed by atoms with Crippen LogP contribution in [0.1, 0.15) is 29.6 Å². The molecule has 0 radical (unpaired) electrons. The molecule has 2 aliphatic rings. The molecular formula is C17H21N3O4. The summed E-state index contributed by atoms with van der Waals surface area (Å²) in [6, 6.07) is 7.06. The number of rotatable bonds is 4. The SMILES string of the molecule is COC(=O)c1ccccc1NC(=O)CN1C2CCC1CC(=O)NC2. The molecule has 0 aromatic heterocycles. The monoisotopic (exact) mass is 331 g/mol. The van der Waals surface area contributed by atoms with Gasteiger partial charge in [-0.1, -0.05) is 12.1 Å². The normalized spacial score (nSPS) is 23.3. The molecule has 24 heavy (non-hydrogen) atoms. The van der Waals surface area contributed by atoms with E-state index in [-0.39, 0.29) is 30.4 Å². The molecule has 2 amide bonds. The van der Waals surface area contributed by atoms with Gasteiger partial charge in [0, 0.05) is 25.0 Å². The molecule has 0 spiro atoms. The van der Waals surface area contributed by atoms with E-state index in [2.05, 4.69) is 15.5 Å². The van der Waals surface area contributed by atoms with Crippen LogP contribution in [0.2, 0.25) is 0 Å². The van der Waals surface area contributed by atoms with E-state index < -0.39 is 5.97 Å². The Morgan fingerprint density at radius 1 is 1.29 bits per heavy atom. The number of benzene rings is 1. The van der Waals surface area contributed by atoms with Crippen molar-refractivity contribution in [3.8, 4) is 0 Å². The maximum absolute atomic E-state index is 12.4. The van der Waals surface area contributed by atoms with Crippen LogP contribution >= 0.6 is 0 Å². The van der Waals surface area contributed by atoms with Crippen molar-refractivity contribution in [3.63, 3.8) is 0 Å². The van der Waals surface area contributed by atoms with E-state index in [9.17, 15) is 14.4 Å². The zero-order chi connectivity index (χ0) is 17.1. The minimum atomic E-state index is -0.490. The molecule has 7 heteroatoms. The quantitative estimate of drug-likeness (QED) is 0.796. The van der Waals surface area contributed by atoms with Crippen LogP contribution in [-0.4, -0.2) is 55.0 Å². The van der Waals surface area contributed by atoms with Gasteiger partial charge in [0.1, 0.15) is 0 Å². The number of hydrogen-bond donors (Lipinski definition) is 2. The minimum absolute atomic E-state index is 0.0450. The van der Waals surface area contributed by atoms with Crippen LogP contribution in [0.3, 0.4) is 0 Å².